The lowest BCUT2D eigenvalue weighted by atomic mass is 9.99. The van der Waals surface area contributed by atoms with E-state index in [1.807, 2.05) is 25.1 Å². The Kier molecular flexibility index (Phi) is 4.16. The van der Waals surface area contributed by atoms with Gasteiger partial charge in [-0.3, -0.25) is 0 Å². The molecule has 0 aliphatic carbocycles. The van der Waals surface area contributed by atoms with Crippen LogP contribution in [0.15, 0.2) is 34.8 Å². The first-order valence-electron chi connectivity index (χ1n) is 5.10. The summed E-state index contributed by atoms with van der Waals surface area (Å²) in [4.78, 5) is 0. The van der Waals surface area contributed by atoms with Gasteiger partial charge in [0, 0.05) is 0 Å². The van der Waals surface area contributed by atoms with Gasteiger partial charge in [0.2, 0.25) is 0 Å². The van der Waals surface area contributed by atoms with Gasteiger partial charge >= 0.3 is 0 Å². The standard InChI is InChI=1S/C13H17BrO2/c1-9(2)8-16-12-6-5-10(7-11(12)14)13(3,4)15/h5-7,15H,1,8H2,2-4H3. The van der Waals surface area contributed by atoms with Crippen molar-refractivity contribution in [2.45, 2.75) is 26.4 Å². The minimum atomic E-state index is -0.838. The van der Waals surface area contributed by atoms with Crippen molar-refractivity contribution >= 4 is 15.9 Å². The van der Waals surface area contributed by atoms with Gasteiger partial charge in [-0.15, -0.1) is 0 Å². The number of rotatable bonds is 4. The summed E-state index contributed by atoms with van der Waals surface area (Å²) in [6, 6.07) is 5.58. The van der Waals surface area contributed by atoms with Crippen LogP contribution in [0.2, 0.25) is 0 Å². The summed E-state index contributed by atoms with van der Waals surface area (Å²) in [6.45, 7) is 9.70. The quantitative estimate of drug-likeness (QED) is 0.856. The lowest BCUT2D eigenvalue weighted by Crippen LogP contribution is -2.15. The Morgan fingerprint density at radius 2 is 2.12 bits per heavy atom. The average molecular weight is 285 g/mol. The molecule has 0 saturated carbocycles. The first-order chi connectivity index (χ1) is 7.30. The predicted octanol–water partition coefficient (Wildman–Crippen LogP) is 3.63. The first-order valence-corrected chi connectivity index (χ1v) is 5.89. The van der Waals surface area contributed by atoms with E-state index >= 15 is 0 Å². The van der Waals surface area contributed by atoms with Crippen LogP contribution in [0.1, 0.15) is 26.3 Å². The molecule has 0 saturated heterocycles. The molecule has 0 unspecified atom stereocenters. The number of halogens is 1. The number of hydrogen-bond acceptors (Lipinski definition) is 2. The Hall–Kier alpha value is -0.800. The highest BCUT2D eigenvalue weighted by atomic mass is 79.9. The Labute approximate surface area is 105 Å². The van der Waals surface area contributed by atoms with Gasteiger partial charge in [-0.1, -0.05) is 12.6 Å². The Balaban J connectivity index is 2.88. The second-order valence-corrected chi connectivity index (χ2v) is 5.30. The summed E-state index contributed by atoms with van der Waals surface area (Å²) in [5.74, 6) is 0.760. The predicted molar refractivity (Wildman–Crippen MR) is 69.7 cm³/mol. The minimum absolute atomic E-state index is 0.500. The van der Waals surface area contributed by atoms with Crippen LogP contribution in [-0.2, 0) is 5.60 Å². The van der Waals surface area contributed by atoms with Crippen molar-refractivity contribution in [3.8, 4) is 5.75 Å². The fraction of sp³-hybridized carbons (Fsp3) is 0.385. The molecule has 0 aliphatic rings. The van der Waals surface area contributed by atoms with Gasteiger partial charge in [-0.2, -0.15) is 0 Å². The number of ether oxygens (including phenoxy) is 1. The van der Waals surface area contributed by atoms with Crippen molar-refractivity contribution in [2.24, 2.45) is 0 Å². The van der Waals surface area contributed by atoms with Crippen LogP contribution in [0.25, 0.3) is 0 Å². The summed E-state index contributed by atoms with van der Waals surface area (Å²) in [6.07, 6.45) is 0. The van der Waals surface area contributed by atoms with Gasteiger partial charge in [0.05, 0.1) is 10.1 Å². The summed E-state index contributed by atoms with van der Waals surface area (Å²) in [7, 11) is 0. The fourth-order valence-corrected chi connectivity index (χ4v) is 1.69. The molecule has 0 spiro atoms. The lowest BCUT2D eigenvalue weighted by molar-refractivity contribution is 0.0785. The maximum atomic E-state index is 9.85. The molecule has 2 nitrogen and oxygen atoms in total. The van der Waals surface area contributed by atoms with Crippen molar-refractivity contribution in [1.82, 2.24) is 0 Å². The molecule has 0 amide bonds. The van der Waals surface area contributed by atoms with Crippen LogP contribution >= 0.6 is 15.9 Å². The van der Waals surface area contributed by atoms with E-state index in [9.17, 15) is 5.11 Å². The molecule has 0 heterocycles. The molecule has 88 valence electrons. The Bertz CT molecular complexity index is 391. The molecule has 1 rings (SSSR count). The normalized spacial score (nSPS) is 11.3. The third kappa shape index (κ3) is 3.65. The Morgan fingerprint density at radius 1 is 1.50 bits per heavy atom. The van der Waals surface area contributed by atoms with Gasteiger partial charge in [0.15, 0.2) is 0 Å². The number of aliphatic hydroxyl groups is 1. The summed E-state index contributed by atoms with van der Waals surface area (Å²) in [5.41, 5.74) is 0.982. The van der Waals surface area contributed by atoms with Crippen LogP contribution in [0.5, 0.6) is 5.75 Å². The zero-order valence-corrected chi connectivity index (χ0v) is 11.5. The van der Waals surface area contributed by atoms with E-state index in [0.29, 0.717) is 6.61 Å². The molecule has 3 heteroatoms. The maximum absolute atomic E-state index is 9.85. The third-order valence-corrected chi connectivity index (χ3v) is 2.73. The average Bonchev–Trinajstić information content (AvgIpc) is 2.14. The summed E-state index contributed by atoms with van der Waals surface area (Å²) in [5, 5.41) is 9.85. The maximum Gasteiger partial charge on any atom is 0.133 e. The van der Waals surface area contributed by atoms with Crippen molar-refractivity contribution in [1.29, 1.82) is 0 Å². The highest BCUT2D eigenvalue weighted by molar-refractivity contribution is 9.10. The van der Waals surface area contributed by atoms with Gasteiger partial charge in [-0.05, 0) is 60.0 Å². The second-order valence-electron chi connectivity index (χ2n) is 4.45. The summed E-state index contributed by atoms with van der Waals surface area (Å²) < 4.78 is 6.38. The minimum Gasteiger partial charge on any atom is -0.488 e. The molecule has 0 bridgehead atoms. The topological polar surface area (TPSA) is 29.5 Å². The van der Waals surface area contributed by atoms with Gasteiger partial charge < -0.3 is 9.84 Å². The first kappa shape index (κ1) is 13.3. The highest BCUT2D eigenvalue weighted by Gasteiger charge is 2.17. The van der Waals surface area contributed by atoms with E-state index in [2.05, 4.69) is 22.5 Å². The van der Waals surface area contributed by atoms with Crippen LogP contribution in [0.3, 0.4) is 0 Å². The van der Waals surface area contributed by atoms with E-state index < -0.39 is 5.60 Å². The second kappa shape index (κ2) is 5.02. The zero-order valence-electron chi connectivity index (χ0n) is 9.88. The van der Waals surface area contributed by atoms with Crippen LogP contribution in [0.4, 0.5) is 0 Å². The summed E-state index contributed by atoms with van der Waals surface area (Å²) >= 11 is 3.42. The fourth-order valence-electron chi connectivity index (χ4n) is 1.20. The SMILES string of the molecule is C=C(C)COc1ccc(C(C)(C)O)cc1Br. The molecule has 1 N–H and O–H groups in total. The van der Waals surface area contributed by atoms with Crippen molar-refractivity contribution in [3.63, 3.8) is 0 Å². The van der Waals surface area contributed by atoms with Gasteiger partial charge in [-0.25, -0.2) is 0 Å². The third-order valence-electron chi connectivity index (χ3n) is 2.11. The van der Waals surface area contributed by atoms with E-state index in [4.69, 9.17) is 4.74 Å². The molecule has 0 aliphatic heterocycles. The Morgan fingerprint density at radius 3 is 2.56 bits per heavy atom. The van der Waals surface area contributed by atoms with Crippen molar-refractivity contribution < 1.29 is 9.84 Å². The smallest absolute Gasteiger partial charge is 0.133 e. The molecule has 1 aromatic carbocycles. The van der Waals surface area contributed by atoms with Crippen LogP contribution < -0.4 is 4.74 Å². The van der Waals surface area contributed by atoms with Crippen LogP contribution in [0, 0.1) is 0 Å². The largest absolute Gasteiger partial charge is 0.488 e. The van der Waals surface area contributed by atoms with Gasteiger partial charge in [0.25, 0.3) is 0 Å². The molecule has 0 atom stereocenters. The van der Waals surface area contributed by atoms with E-state index in [0.717, 1.165) is 21.4 Å². The molecular formula is C13H17BrO2. The zero-order chi connectivity index (χ0) is 12.3. The van der Waals surface area contributed by atoms with E-state index in [1.54, 1.807) is 13.8 Å². The highest BCUT2D eigenvalue weighted by Crippen LogP contribution is 2.30. The molecule has 0 radical (unpaired) electrons. The number of hydrogen-bond donors (Lipinski definition) is 1. The van der Waals surface area contributed by atoms with Gasteiger partial charge in [0.1, 0.15) is 12.4 Å². The van der Waals surface area contributed by atoms with E-state index in [-0.39, 0.29) is 0 Å². The monoisotopic (exact) mass is 284 g/mol. The van der Waals surface area contributed by atoms with E-state index in [1.165, 1.54) is 0 Å². The molecule has 1 aromatic rings. The van der Waals surface area contributed by atoms with Crippen molar-refractivity contribution in [3.05, 3.63) is 40.4 Å². The molecule has 16 heavy (non-hydrogen) atoms. The molecular weight excluding hydrogens is 268 g/mol. The van der Waals surface area contributed by atoms with Crippen molar-refractivity contribution in [2.75, 3.05) is 6.61 Å². The number of benzene rings is 1. The molecule has 0 aromatic heterocycles. The molecule has 0 fully saturated rings. The lowest BCUT2D eigenvalue weighted by Gasteiger charge is -2.19. The van der Waals surface area contributed by atoms with Crippen LogP contribution in [-0.4, -0.2) is 11.7 Å².